The number of benzene rings is 2. The minimum Gasteiger partial charge on any atom is -0.383 e. The zero-order chi connectivity index (χ0) is 21.5. The Bertz CT molecular complexity index is 1410. The molecule has 2 N–H and O–H groups in total. The molecular formula is C21H14BrClFN7. The number of aromatic nitrogens is 6. The van der Waals surface area contributed by atoms with Crippen LogP contribution in [-0.2, 0) is 6.54 Å². The van der Waals surface area contributed by atoms with Crippen molar-refractivity contribution in [3.8, 4) is 16.8 Å². The highest BCUT2D eigenvalue weighted by Crippen LogP contribution is 2.40. The third-order valence-electron chi connectivity index (χ3n) is 4.90. The van der Waals surface area contributed by atoms with Crippen LogP contribution in [0, 0.1) is 5.82 Å². The van der Waals surface area contributed by atoms with Gasteiger partial charge in [-0.05, 0) is 45.8 Å². The van der Waals surface area contributed by atoms with Crippen molar-refractivity contribution in [2.75, 3.05) is 5.73 Å². The van der Waals surface area contributed by atoms with Gasteiger partial charge in [0.25, 0.3) is 0 Å². The van der Waals surface area contributed by atoms with Gasteiger partial charge in [-0.1, -0.05) is 41.1 Å². The molecule has 0 aliphatic heterocycles. The number of para-hydroxylation sites is 1. The predicted octanol–water partition coefficient (Wildman–Crippen LogP) is 4.86. The lowest BCUT2D eigenvalue weighted by molar-refractivity contribution is 0.607. The summed E-state index contributed by atoms with van der Waals surface area (Å²) in [6.07, 6.45) is 3.10. The highest BCUT2D eigenvalue weighted by Gasteiger charge is 2.21. The van der Waals surface area contributed by atoms with E-state index in [0.717, 1.165) is 21.1 Å². The van der Waals surface area contributed by atoms with E-state index in [4.69, 9.17) is 17.3 Å². The summed E-state index contributed by atoms with van der Waals surface area (Å²) in [5, 5.41) is 9.63. The minimum atomic E-state index is -0.378. The van der Waals surface area contributed by atoms with Crippen molar-refractivity contribution in [3.05, 3.63) is 82.2 Å². The van der Waals surface area contributed by atoms with Crippen molar-refractivity contribution in [3.63, 3.8) is 0 Å². The number of fused-ring (bicyclic) bond motifs is 1. The van der Waals surface area contributed by atoms with Crippen LogP contribution in [0.5, 0.6) is 0 Å². The lowest BCUT2D eigenvalue weighted by Gasteiger charge is -2.05. The van der Waals surface area contributed by atoms with Gasteiger partial charge in [0, 0.05) is 10.6 Å². The molecule has 0 bridgehead atoms. The smallest absolute Gasteiger partial charge is 0.148 e. The maximum Gasteiger partial charge on any atom is 0.148 e. The van der Waals surface area contributed by atoms with Crippen molar-refractivity contribution in [2.24, 2.45) is 0 Å². The molecule has 10 heteroatoms. The molecule has 0 aliphatic rings. The number of halogens is 3. The Morgan fingerprint density at radius 2 is 1.84 bits per heavy atom. The fraction of sp³-hybridized carbons (Fsp3) is 0.0476. The van der Waals surface area contributed by atoms with Crippen LogP contribution in [0.25, 0.3) is 27.8 Å². The molecule has 2 aromatic carbocycles. The van der Waals surface area contributed by atoms with Crippen LogP contribution >= 0.6 is 27.5 Å². The van der Waals surface area contributed by atoms with Crippen molar-refractivity contribution >= 4 is 44.4 Å². The van der Waals surface area contributed by atoms with Gasteiger partial charge in [0.2, 0.25) is 0 Å². The van der Waals surface area contributed by atoms with E-state index in [1.165, 1.54) is 17.1 Å². The number of nitrogens with zero attached hydrogens (tertiary/aromatic N) is 6. The van der Waals surface area contributed by atoms with Gasteiger partial charge in [-0.25, -0.2) is 19.0 Å². The van der Waals surface area contributed by atoms with Gasteiger partial charge in [-0.2, -0.15) is 0 Å². The highest BCUT2D eigenvalue weighted by atomic mass is 79.9. The van der Waals surface area contributed by atoms with Gasteiger partial charge < -0.3 is 10.3 Å². The fourth-order valence-corrected chi connectivity index (χ4v) is 4.32. The highest BCUT2D eigenvalue weighted by molar-refractivity contribution is 9.10. The third-order valence-corrected chi connectivity index (χ3v) is 5.98. The molecule has 0 saturated heterocycles. The summed E-state index contributed by atoms with van der Waals surface area (Å²) in [4.78, 5) is 8.60. The van der Waals surface area contributed by atoms with Gasteiger partial charge in [0.1, 0.15) is 35.0 Å². The summed E-state index contributed by atoms with van der Waals surface area (Å²) in [7, 11) is 0. The predicted molar refractivity (Wildman–Crippen MR) is 121 cm³/mol. The molecular weight excluding hydrogens is 485 g/mol. The topological polar surface area (TPSA) is 87.4 Å². The van der Waals surface area contributed by atoms with Gasteiger partial charge in [0.05, 0.1) is 22.7 Å². The van der Waals surface area contributed by atoms with Crippen LogP contribution in [-0.4, -0.2) is 29.5 Å². The lowest BCUT2D eigenvalue weighted by atomic mass is 10.1. The number of hydrogen-bond donors (Lipinski definition) is 1. The van der Waals surface area contributed by atoms with Gasteiger partial charge >= 0.3 is 0 Å². The molecule has 0 fully saturated rings. The summed E-state index contributed by atoms with van der Waals surface area (Å²) >= 11 is 9.75. The average Bonchev–Trinajstić information content (AvgIpc) is 3.33. The maximum atomic E-state index is 14.1. The van der Waals surface area contributed by atoms with E-state index in [0.29, 0.717) is 34.4 Å². The van der Waals surface area contributed by atoms with E-state index in [2.05, 4.69) is 36.2 Å². The molecule has 0 unspecified atom stereocenters. The summed E-state index contributed by atoms with van der Waals surface area (Å²) in [5.74, 6) is -0.0125. The van der Waals surface area contributed by atoms with Gasteiger partial charge in [-0.3, -0.25) is 0 Å². The molecule has 0 saturated carbocycles. The van der Waals surface area contributed by atoms with Crippen LogP contribution in [0.3, 0.4) is 0 Å². The monoisotopic (exact) mass is 497 g/mol. The van der Waals surface area contributed by atoms with E-state index in [1.807, 2.05) is 28.8 Å². The summed E-state index contributed by atoms with van der Waals surface area (Å²) in [5.41, 5.74) is 9.57. The molecule has 3 heterocycles. The molecule has 0 spiro atoms. The first-order valence-corrected chi connectivity index (χ1v) is 10.4. The van der Waals surface area contributed by atoms with Gasteiger partial charge in [0.15, 0.2) is 0 Å². The van der Waals surface area contributed by atoms with Crippen molar-refractivity contribution < 1.29 is 4.39 Å². The first-order chi connectivity index (χ1) is 15.0. The van der Waals surface area contributed by atoms with Crippen LogP contribution in [0.4, 0.5) is 10.2 Å². The summed E-state index contributed by atoms with van der Waals surface area (Å²) in [6, 6.07) is 13.8. The van der Waals surface area contributed by atoms with E-state index >= 15 is 0 Å². The normalized spacial score (nSPS) is 11.3. The molecule has 3 aromatic heterocycles. The van der Waals surface area contributed by atoms with Gasteiger partial charge in [-0.15, -0.1) is 5.10 Å². The molecule has 7 nitrogen and oxygen atoms in total. The molecule has 31 heavy (non-hydrogen) atoms. The summed E-state index contributed by atoms with van der Waals surface area (Å²) < 4.78 is 18.2. The molecule has 154 valence electrons. The minimum absolute atomic E-state index is 0.325. The van der Waals surface area contributed by atoms with E-state index in [1.54, 1.807) is 24.4 Å². The van der Waals surface area contributed by atoms with E-state index in [-0.39, 0.29) is 5.82 Å². The Kier molecular flexibility index (Phi) is 4.91. The molecule has 0 radical (unpaired) electrons. The van der Waals surface area contributed by atoms with E-state index in [9.17, 15) is 4.39 Å². The second-order valence-electron chi connectivity index (χ2n) is 6.82. The quantitative estimate of drug-likeness (QED) is 0.382. The SMILES string of the molecule is Nc1ncnc2c1c(-c1ccc(Cl)cc1)c(Br)n2Cc1cn(-c2ccccc2F)nn1. The maximum absolute atomic E-state index is 14.1. The first-order valence-electron chi connectivity index (χ1n) is 9.23. The zero-order valence-corrected chi connectivity index (χ0v) is 18.2. The third kappa shape index (κ3) is 3.45. The Morgan fingerprint density at radius 3 is 2.61 bits per heavy atom. The Balaban J connectivity index is 1.62. The summed E-state index contributed by atoms with van der Waals surface area (Å²) in [6.45, 7) is 0.343. The standard InChI is InChI=1S/C21H14BrClFN7/c22-19-17(12-5-7-13(23)8-6-12)18-20(25)26-11-27-21(18)30(19)9-14-10-31(29-28-14)16-4-2-1-3-15(16)24/h1-8,10-11H,9H2,(H2,25,26,27). The number of hydrogen-bond acceptors (Lipinski definition) is 5. The average molecular weight is 499 g/mol. The molecule has 5 aromatic rings. The molecule has 0 aliphatic carbocycles. The molecule has 0 atom stereocenters. The van der Waals surface area contributed by atoms with Crippen LogP contribution in [0.15, 0.2) is 65.7 Å². The van der Waals surface area contributed by atoms with Crippen LogP contribution in [0.1, 0.15) is 5.69 Å². The molecule has 5 rings (SSSR count). The first kappa shape index (κ1) is 19.7. The van der Waals surface area contributed by atoms with Crippen LogP contribution in [0.2, 0.25) is 5.02 Å². The zero-order valence-electron chi connectivity index (χ0n) is 15.9. The number of anilines is 1. The van der Waals surface area contributed by atoms with Crippen molar-refractivity contribution in [1.29, 1.82) is 0 Å². The second kappa shape index (κ2) is 7.75. The van der Waals surface area contributed by atoms with Crippen molar-refractivity contribution in [1.82, 2.24) is 29.5 Å². The second-order valence-corrected chi connectivity index (χ2v) is 8.01. The van der Waals surface area contributed by atoms with Crippen molar-refractivity contribution in [2.45, 2.75) is 6.54 Å². The van der Waals surface area contributed by atoms with E-state index < -0.39 is 0 Å². The lowest BCUT2D eigenvalue weighted by Crippen LogP contribution is -2.02. The number of nitrogens with two attached hydrogens (primary N) is 1. The van der Waals surface area contributed by atoms with Crippen LogP contribution < -0.4 is 5.73 Å². The Hall–Kier alpha value is -3.30. The Labute approximate surface area is 189 Å². The number of rotatable bonds is 4. The molecule has 0 amide bonds. The largest absolute Gasteiger partial charge is 0.383 e. The fourth-order valence-electron chi connectivity index (χ4n) is 3.48. The Morgan fingerprint density at radius 1 is 1.06 bits per heavy atom. The number of nitrogen functional groups attached to an aromatic ring is 1.